The third-order valence-electron chi connectivity index (χ3n) is 5.61. The highest BCUT2D eigenvalue weighted by atomic mass is 19.4. The number of carbonyl (C=O) groups excluding carboxylic acids is 1. The fourth-order valence-corrected chi connectivity index (χ4v) is 3.88. The Morgan fingerprint density at radius 3 is 2.53 bits per heavy atom. The Hall–Kier alpha value is -3.50. The van der Waals surface area contributed by atoms with Crippen molar-refractivity contribution >= 4 is 17.3 Å². The molecule has 11 heteroatoms. The van der Waals surface area contributed by atoms with Crippen molar-refractivity contribution in [3.8, 4) is 11.5 Å². The lowest BCUT2D eigenvalue weighted by Crippen LogP contribution is -2.40. The predicted octanol–water partition coefficient (Wildman–Crippen LogP) is 3.88. The number of rotatable bonds is 5. The number of anilines is 1. The molecule has 1 amide bonds. The second-order valence-corrected chi connectivity index (χ2v) is 7.63. The van der Waals surface area contributed by atoms with Crippen molar-refractivity contribution in [2.24, 2.45) is 5.92 Å². The summed E-state index contributed by atoms with van der Waals surface area (Å²) < 4.78 is 49.3. The van der Waals surface area contributed by atoms with Gasteiger partial charge in [-0.15, -0.1) is 0 Å². The lowest BCUT2D eigenvalue weighted by molar-refractivity contribution is -0.384. The minimum absolute atomic E-state index is 0.127. The van der Waals surface area contributed by atoms with Crippen LogP contribution in [0, 0.1) is 16.0 Å². The third-order valence-corrected chi connectivity index (χ3v) is 5.61. The van der Waals surface area contributed by atoms with E-state index >= 15 is 0 Å². The third kappa shape index (κ3) is 4.56. The van der Waals surface area contributed by atoms with Crippen molar-refractivity contribution in [3.05, 3.63) is 57.6 Å². The lowest BCUT2D eigenvalue weighted by Gasteiger charge is -2.32. The molecule has 0 saturated carbocycles. The molecule has 4 rings (SSSR count). The van der Waals surface area contributed by atoms with Gasteiger partial charge in [-0.2, -0.15) is 13.2 Å². The molecule has 0 spiro atoms. The van der Waals surface area contributed by atoms with Gasteiger partial charge >= 0.3 is 6.18 Å². The van der Waals surface area contributed by atoms with Crippen LogP contribution < -0.4 is 19.7 Å². The summed E-state index contributed by atoms with van der Waals surface area (Å²) in [6, 6.07) is 7.93. The van der Waals surface area contributed by atoms with E-state index in [1.165, 1.54) is 0 Å². The van der Waals surface area contributed by atoms with Crippen molar-refractivity contribution in [3.63, 3.8) is 0 Å². The molecular formula is C21H20F3N3O5. The molecule has 2 heterocycles. The first-order valence-electron chi connectivity index (χ1n) is 9.99. The summed E-state index contributed by atoms with van der Waals surface area (Å²) in [4.78, 5) is 24.7. The number of benzene rings is 2. The van der Waals surface area contributed by atoms with Gasteiger partial charge in [-0.1, -0.05) is 6.07 Å². The van der Waals surface area contributed by atoms with Crippen molar-refractivity contribution in [2.45, 2.75) is 25.6 Å². The van der Waals surface area contributed by atoms with Crippen molar-refractivity contribution in [2.75, 3.05) is 24.8 Å². The molecule has 0 aromatic heterocycles. The molecule has 1 N–H and O–H groups in total. The summed E-state index contributed by atoms with van der Waals surface area (Å²) in [6.07, 6.45) is -3.79. The van der Waals surface area contributed by atoms with E-state index in [2.05, 4.69) is 5.32 Å². The maximum atomic E-state index is 12.9. The number of nitro groups is 1. The number of carbonyl (C=O) groups is 1. The van der Waals surface area contributed by atoms with E-state index in [9.17, 15) is 28.1 Å². The number of fused-ring (bicyclic) bond motifs is 1. The fourth-order valence-electron chi connectivity index (χ4n) is 3.88. The first-order valence-corrected chi connectivity index (χ1v) is 9.99. The molecule has 0 unspecified atom stereocenters. The molecule has 170 valence electrons. The molecule has 2 aromatic rings. The Balaban J connectivity index is 1.35. The van der Waals surface area contributed by atoms with E-state index in [1.807, 2.05) is 6.07 Å². The number of nitro benzene ring substituents is 1. The molecule has 2 aliphatic heterocycles. The average Bonchev–Trinajstić information content (AvgIpc) is 3.24. The second-order valence-electron chi connectivity index (χ2n) is 7.63. The largest absolute Gasteiger partial charge is 0.454 e. The summed E-state index contributed by atoms with van der Waals surface area (Å²) in [5.41, 5.74) is -0.668. The fraction of sp³-hybridized carbons (Fsp3) is 0.381. The van der Waals surface area contributed by atoms with Gasteiger partial charge in [-0.3, -0.25) is 14.9 Å². The Kier molecular flexibility index (Phi) is 5.81. The predicted molar refractivity (Wildman–Crippen MR) is 107 cm³/mol. The van der Waals surface area contributed by atoms with E-state index in [0.717, 1.165) is 17.7 Å². The summed E-state index contributed by atoms with van der Waals surface area (Å²) in [6.45, 7) is 1.14. The molecule has 1 fully saturated rings. The molecule has 2 aromatic carbocycles. The lowest BCUT2D eigenvalue weighted by atomic mass is 9.95. The molecule has 1 saturated heterocycles. The Bertz CT molecular complexity index is 1040. The Labute approximate surface area is 181 Å². The standard InChI is InChI=1S/C21H20F3N3O5/c22-21(23,24)15-2-3-16(17(10-15)27(29)30)26-7-5-14(6-8-26)20(28)25-11-13-1-4-18-19(9-13)32-12-31-18/h1-4,9-10,14H,5-8,11-12H2,(H,25,28). The maximum Gasteiger partial charge on any atom is 0.416 e. The number of piperidine rings is 1. The summed E-state index contributed by atoms with van der Waals surface area (Å²) in [5.74, 6) is 0.867. The smallest absolute Gasteiger partial charge is 0.416 e. The zero-order chi connectivity index (χ0) is 22.9. The van der Waals surface area contributed by atoms with Gasteiger partial charge in [-0.05, 0) is 42.7 Å². The van der Waals surface area contributed by atoms with Crippen LogP contribution in [0.15, 0.2) is 36.4 Å². The van der Waals surface area contributed by atoms with Crippen LogP contribution in [0.4, 0.5) is 24.5 Å². The maximum absolute atomic E-state index is 12.9. The van der Waals surface area contributed by atoms with Gasteiger partial charge in [0.1, 0.15) is 5.69 Å². The summed E-state index contributed by atoms with van der Waals surface area (Å²) in [5, 5.41) is 14.2. The monoisotopic (exact) mass is 451 g/mol. The Morgan fingerprint density at radius 2 is 1.84 bits per heavy atom. The zero-order valence-corrected chi connectivity index (χ0v) is 16.9. The van der Waals surface area contributed by atoms with Gasteiger partial charge in [0.05, 0.1) is 10.5 Å². The SMILES string of the molecule is O=C(NCc1ccc2c(c1)OCO2)C1CCN(c2ccc(C(F)(F)F)cc2[N+](=O)[O-])CC1. The minimum Gasteiger partial charge on any atom is -0.454 e. The number of alkyl halides is 3. The molecule has 0 aliphatic carbocycles. The van der Waals surface area contributed by atoms with Crippen LogP contribution in [0.2, 0.25) is 0 Å². The highest BCUT2D eigenvalue weighted by Gasteiger charge is 2.35. The van der Waals surface area contributed by atoms with Crippen LogP contribution in [0.5, 0.6) is 11.5 Å². The molecule has 0 atom stereocenters. The van der Waals surface area contributed by atoms with Gasteiger partial charge in [0.2, 0.25) is 12.7 Å². The summed E-state index contributed by atoms with van der Waals surface area (Å²) >= 11 is 0. The van der Waals surface area contributed by atoms with Crippen LogP contribution in [0.3, 0.4) is 0 Å². The first-order chi connectivity index (χ1) is 15.2. The normalized spacial score (nSPS) is 16.2. The quantitative estimate of drug-likeness (QED) is 0.548. The van der Waals surface area contributed by atoms with Crippen LogP contribution in [0.1, 0.15) is 24.0 Å². The second kappa shape index (κ2) is 8.56. The van der Waals surface area contributed by atoms with Gasteiger partial charge in [0, 0.05) is 31.6 Å². The van der Waals surface area contributed by atoms with Gasteiger partial charge in [0.25, 0.3) is 5.69 Å². The molecule has 0 radical (unpaired) electrons. The molecular weight excluding hydrogens is 431 g/mol. The molecule has 32 heavy (non-hydrogen) atoms. The van der Waals surface area contributed by atoms with Crippen LogP contribution in [-0.4, -0.2) is 30.7 Å². The topological polar surface area (TPSA) is 93.9 Å². The highest BCUT2D eigenvalue weighted by molar-refractivity contribution is 5.79. The molecule has 0 bridgehead atoms. The highest BCUT2D eigenvalue weighted by Crippen LogP contribution is 2.38. The number of amides is 1. The summed E-state index contributed by atoms with van der Waals surface area (Å²) in [7, 11) is 0. The number of halogens is 3. The van der Waals surface area contributed by atoms with Crippen molar-refractivity contribution in [1.82, 2.24) is 5.32 Å². The van der Waals surface area contributed by atoms with Gasteiger partial charge in [0.15, 0.2) is 11.5 Å². The van der Waals surface area contributed by atoms with Crippen LogP contribution in [0.25, 0.3) is 0 Å². The Morgan fingerprint density at radius 1 is 1.12 bits per heavy atom. The van der Waals surface area contributed by atoms with E-state index in [0.29, 0.717) is 50.0 Å². The van der Waals surface area contributed by atoms with Gasteiger partial charge in [-0.25, -0.2) is 0 Å². The van der Waals surface area contributed by atoms with Gasteiger partial charge < -0.3 is 19.7 Å². The van der Waals surface area contributed by atoms with Crippen molar-refractivity contribution in [1.29, 1.82) is 0 Å². The number of nitrogens with one attached hydrogen (secondary N) is 1. The number of nitrogens with zero attached hydrogens (tertiary/aromatic N) is 2. The van der Waals surface area contributed by atoms with E-state index in [-0.39, 0.29) is 24.3 Å². The zero-order valence-electron chi connectivity index (χ0n) is 16.9. The number of ether oxygens (including phenoxy) is 2. The number of hydrogen-bond donors (Lipinski definition) is 1. The molecule has 8 nitrogen and oxygen atoms in total. The van der Waals surface area contributed by atoms with E-state index in [4.69, 9.17) is 9.47 Å². The minimum atomic E-state index is -4.66. The van der Waals surface area contributed by atoms with Crippen LogP contribution in [-0.2, 0) is 17.5 Å². The number of hydrogen-bond acceptors (Lipinski definition) is 6. The van der Waals surface area contributed by atoms with Crippen LogP contribution >= 0.6 is 0 Å². The average molecular weight is 451 g/mol. The van der Waals surface area contributed by atoms with E-state index in [1.54, 1.807) is 17.0 Å². The van der Waals surface area contributed by atoms with Crippen molar-refractivity contribution < 1.29 is 32.4 Å². The molecule has 2 aliphatic rings. The van der Waals surface area contributed by atoms with E-state index < -0.39 is 22.4 Å². The first kappa shape index (κ1) is 21.7.